The number of esters is 1. The highest BCUT2D eigenvalue weighted by molar-refractivity contribution is 8.76. The zero-order chi connectivity index (χ0) is 26.0. The molecule has 2 aliphatic rings. The van der Waals surface area contributed by atoms with Crippen molar-refractivity contribution in [2.75, 3.05) is 18.1 Å². The van der Waals surface area contributed by atoms with E-state index in [9.17, 15) is 28.8 Å². The second kappa shape index (κ2) is 13.4. The number of allylic oxidation sites excluding steroid dienone is 1. The smallest absolute Gasteiger partial charge is 0.326 e. The van der Waals surface area contributed by atoms with Crippen molar-refractivity contribution in [3.8, 4) is 0 Å². The van der Waals surface area contributed by atoms with Crippen LogP contribution in [0.15, 0.2) is 12.2 Å². The summed E-state index contributed by atoms with van der Waals surface area (Å²) in [6.45, 7) is 2.42. The third-order valence-corrected chi connectivity index (χ3v) is 7.48. The summed E-state index contributed by atoms with van der Waals surface area (Å²) in [5.74, 6) is -3.80. The van der Waals surface area contributed by atoms with Gasteiger partial charge in [0.1, 0.15) is 30.3 Å². The van der Waals surface area contributed by atoms with Gasteiger partial charge < -0.3 is 31.1 Å². The van der Waals surface area contributed by atoms with Crippen LogP contribution < -0.4 is 21.3 Å². The van der Waals surface area contributed by atoms with Crippen molar-refractivity contribution < 1.29 is 38.6 Å². The maximum absolute atomic E-state index is 13.0. The van der Waals surface area contributed by atoms with Crippen LogP contribution in [0.5, 0.6) is 0 Å². The van der Waals surface area contributed by atoms with Gasteiger partial charge in [-0.25, -0.2) is 0 Å². The van der Waals surface area contributed by atoms with Crippen molar-refractivity contribution in [3.63, 3.8) is 0 Å². The van der Waals surface area contributed by atoms with E-state index in [4.69, 9.17) is 9.84 Å². The number of amides is 4. The lowest BCUT2D eigenvalue weighted by atomic mass is 10.0. The summed E-state index contributed by atoms with van der Waals surface area (Å²) in [6, 6.07) is -2.30. The van der Waals surface area contributed by atoms with E-state index in [2.05, 4.69) is 21.3 Å². The molecular formula is C21H30N4O8S2. The van der Waals surface area contributed by atoms with Crippen LogP contribution >= 0.6 is 21.6 Å². The molecule has 1 saturated heterocycles. The molecule has 4 amide bonds. The summed E-state index contributed by atoms with van der Waals surface area (Å²) in [7, 11) is 2.80. The van der Waals surface area contributed by atoms with Crippen LogP contribution in [0.4, 0.5) is 0 Å². The first kappa shape index (κ1) is 28.5. The molecule has 2 rings (SSSR count). The van der Waals surface area contributed by atoms with Crippen LogP contribution in [0.2, 0.25) is 0 Å². The van der Waals surface area contributed by atoms with Crippen LogP contribution in [-0.2, 0) is 33.5 Å². The molecule has 194 valence electrons. The van der Waals surface area contributed by atoms with E-state index < -0.39 is 72.3 Å². The number of hydrogen-bond acceptors (Lipinski definition) is 9. The zero-order valence-electron chi connectivity index (χ0n) is 19.5. The SMILES string of the molecule is CC1(C)NC(=O)[C@H]2CSSCC/C=C/[C@H](CC(=O)N[C@H](CCC(=O)O)C(=O)N2)OC(=O)CNC1=O. The Hall–Kier alpha value is -2.74. The monoisotopic (exact) mass is 530 g/mol. The first-order chi connectivity index (χ1) is 16.5. The average molecular weight is 531 g/mol. The molecule has 0 saturated carbocycles. The minimum absolute atomic E-state index is 0.160. The maximum atomic E-state index is 13.0. The lowest BCUT2D eigenvalue weighted by Gasteiger charge is -2.29. The summed E-state index contributed by atoms with van der Waals surface area (Å²) in [5, 5.41) is 19.1. The summed E-state index contributed by atoms with van der Waals surface area (Å²) in [6.07, 6.45) is 2.04. The first-order valence-electron chi connectivity index (χ1n) is 11.0. The minimum atomic E-state index is -1.42. The first-order valence-corrected chi connectivity index (χ1v) is 13.5. The van der Waals surface area contributed by atoms with E-state index in [1.165, 1.54) is 35.4 Å². The van der Waals surface area contributed by atoms with Gasteiger partial charge in [0.15, 0.2) is 0 Å². The molecule has 0 aliphatic carbocycles. The van der Waals surface area contributed by atoms with Crippen LogP contribution in [-0.4, -0.2) is 82.5 Å². The number of ether oxygens (including phenoxy) is 1. The lowest BCUT2D eigenvalue weighted by Crippen LogP contribution is -2.61. The van der Waals surface area contributed by atoms with E-state index in [1.54, 1.807) is 12.2 Å². The third-order valence-electron chi connectivity index (χ3n) is 5.03. The Morgan fingerprint density at radius 3 is 2.60 bits per heavy atom. The number of carbonyl (C=O) groups is 6. The highest BCUT2D eigenvalue weighted by Crippen LogP contribution is 2.24. The van der Waals surface area contributed by atoms with Gasteiger partial charge in [-0.1, -0.05) is 27.7 Å². The quantitative estimate of drug-likeness (QED) is 0.181. The number of carboxylic acid groups (broad SMARTS) is 1. The minimum Gasteiger partial charge on any atom is -0.481 e. The fourth-order valence-corrected chi connectivity index (χ4v) is 5.31. The fraction of sp³-hybridized carbons (Fsp3) is 0.619. The summed E-state index contributed by atoms with van der Waals surface area (Å²) in [5.41, 5.74) is -1.42. The van der Waals surface area contributed by atoms with E-state index in [0.717, 1.165) is 0 Å². The van der Waals surface area contributed by atoms with Gasteiger partial charge in [-0.15, -0.1) is 0 Å². The molecule has 3 atom stereocenters. The topological polar surface area (TPSA) is 180 Å². The highest BCUT2D eigenvalue weighted by atomic mass is 33.1. The predicted molar refractivity (Wildman–Crippen MR) is 129 cm³/mol. The van der Waals surface area contributed by atoms with E-state index >= 15 is 0 Å². The van der Waals surface area contributed by atoms with E-state index in [1.807, 2.05) is 0 Å². The molecule has 0 spiro atoms. The number of aliphatic carboxylic acids is 1. The van der Waals surface area contributed by atoms with Gasteiger partial charge in [-0.2, -0.15) is 0 Å². The molecule has 0 aromatic heterocycles. The molecule has 0 aromatic carbocycles. The van der Waals surface area contributed by atoms with Crippen molar-refractivity contribution in [1.82, 2.24) is 21.3 Å². The molecule has 14 heteroatoms. The normalized spacial score (nSPS) is 27.8. The molecule has 0 radical (unpaired) electrons. The lowest BCUT2D eigenvalue weighted by molar-refractivity contribution is -0.149. The number of rotatable bonds is 3. The largest absolute Gasteiger partial charge is 0.481 e. The van der Waals surface area contributed by atoms with Gasteiger partial charge in [0.2, 0.25) is 23.6 Å². The summed E-state index contributed by atoms with van der Waals surface area (Å²) >= 11 is 0. The van der Waals surface area contributed by atoms with Gasteiger partial charge in [-0.05, 0) is 32.8 Å². The third kappa shape index (κ3) is 9.80. The molecule has 12 nitrogen and oxygen atoms in total. The highest BCUT2D eigenvalue weighted by Gasteiger charge is 2.35. The van der Waals surface area contributed by atoms with Crippen molar-refractivity contribution in [2.24, 2.45) is 0 Å². The van der Waals surface area contributed by atoms with Crippen LogP contribution in [0, 0.1) is 0 Å². The number of carbonyl (C=O) groups excluding carboxylic acids is 5. The van der Waals surface area contributed by atoms with Gasteiger partial charge in [0.05, 0.1) is 6.42 Å². The maximum Gasteiger partial charge on any atom is 0.326 e. The molecule has 0 unspecified atom stereocenters. The second-order valence-corrected chi connectivity index (χ2v) is 11.1. The Labute approximate surface area is 210 Å². The zero-order valence-corrected chi connectivity index (χ0v) is 21.1. The fourth-order valence-electron chi connectivity index (χ4n) is 3.15. The molecule has 2 heterocycles. The van der Waals surface area contributed by atoms with Crippen LogP contribution in [0.3, 0.4) is 0 Å². The van der Waals surface area contributed by atoms with Gasteiger partial charge >= 0.3 is 11.9 Å². The molecule has 2 bridgehead atoms. The molecule has 35 heavy (non-hydrogen) atoms. The van der Waals surface area contributed by atoms with Crippen LogP contribution in [0.1, 0.15) is 39.5 Å². The van der Waals surface area contributed by atoms with Gasteiger partial charge in [-0.3, -0.25) is 28.8 Å². The Balaban J connectivity index is 2.44. The molecule has 0 aromatic rings. The Bertz CT molecular complexity index is 879. The van der Waals surface area contributed by atoms with Crippen molar-refractivity contribution >= 4 is 57.2 Å². The van der Waals surface area contributed by atoms with E-state index in [-0.39, 0.29) is 18.6 Å². The van der Waals surface area contributed by atoms with E-state index in [0.29, 0.717) is 12.2 Å². The Morgan fingerprint density at radius 1 is 1.14 bits per heavy atom. The number of nitrogens with one attached hydrogen (secondary N) is 4. The summed E-state index contributed by atoms with van der Waals surface area (Å²) in [4.78, 5) is 74.7. The predicted octanol–water partition coefficient (Wildman–Crippen LogP) is -0.511. The molecular weight excluding hydrogens is 500 g/mol. The average Bonchev–Trinajstić information content (AvgIpc) is 2.77. The van der Waals surface area contributed by atoms with Gasteiger partial charge in [0.25, 0.3) is 0 Å². The number of carboxylic acids is 1. The van der Waals surface area contributed by atoms with Gasteiger partial charge in [0, 0.05) is 17.9 Å². The molecule has 5 N–H and O–H groups in total. The number of hydrogen-bond donors (Lipinski definition) is 5. The standard InChI is InChI=1S/C21H30N4O8S2/c1-21(2)20(32)22-10-17(29)33-12-5-3-4-8-34-35-11-14(19(31)25-21)24-18(30)13(6-7-16(27)28)23-15(26)9-12/h3,5,12-14H,4,6-11H2,1-2H3,(H,22,32)(H,23,26)(H,24,30)(H,25,31)(H,27,28)/b5-3+/t12-,13-,14-/m1/s1. The molecule has 2 aliphatic heterocycles. The number of fused-ring (bicyclic) bond motifs is 7. The Kier molecular flexibility index (Phi) is 10.9. The Morgan fingerprint density at radius 2 is 1.89 bits per heavy atom. The van der Waals surface area contributed by atoms with Crippen molar-refractivity contribution in [3.05, 3.63) is 12.2 Å². The molecule has 1 fully saturated rings. The van der Waals surface area contributed by atoms with Crippen molar-refractivity contribution in [2.45, 2.75) is 63.3 Å². The van der Waals surface area contributed by atoms with Crippen LogP contribution in [0.25, 0.3) is 0 Å². The summed E-state index contributed by atoms with van der Waals surface area (Å²) < 4.78 is 5.34. The second-order valence-electron chi connectivity index (χ2n) is 8.47. The van der Waals surface area contributed by atoms with Crippen molar-refractivity contribution in [1.29, 1.82) is 0 Å².